The van der Waals surface area contributed by atoms with Crippen molar-refractivity contribution in [2.45, 2.75) is 13.0 Å². The number of methoxy groups -OCH3 is 2. The molecule has 0 amide bonds. The van der Waals surface area contributed by atoms with Crippen molar-refractivity contribution < 1.29 is 23.4 Å². The van der Waals surface area contributed by atoms with Gasteiger partial charge in [-0.1, -0.05) is 0 Å². The van der Waals surface area contributed by atoms with Crippen LogP contribution in [-0.2, 0) is 4.79 Å². The number of esters is 1. The van der Waals surface area contributed by atoms with Gasteiger partial charge in [-0.05, 0) is 30.3 Å². The van der Waals surface area contributed by atoms with E-state index in [1.54, 1.807) is 12.1 Å². The van der Waals surface area contributed by atoms with Gasteiger partial charge in [0, 0.05) is 36.5 Å². The Bertz CT molecular complexity index is 1550. The van der Waals surface area contributed by atoms with Gasteiger partial charge in [-0.25, -0.2) is 9.18 Å². The Balaban J connectivity index is 1.88. The zero-order valence-corrected chi connectivity index (χ0v) is 20.5. The predicted molar refractivity (Wildman–Crippen MR) is 134 cm³/mol. The second kappa shape index (κ2) is 10.8. The van der Waals surface area contributed by atoms with Crippen molar-refractivity contribution in [1.29, 1.82) is 5.41 Å². The number of rotatable bonds is 9. The summed E-state index contributed by atoms with van der Waals surface area (Å²) in [6, 6.07) is 9.22. The van der Waals surface area contributed by atoms with Crippen LogP contribution < -0.4 is 31.0 Å². The van der Waals surface area contributed by atoms with E-state index in [1.807, 2.05) is 0 Å². The van der Waals surface area contributed by atoms with E-state index in [9.17, 15) is 9.59 Å². The molecule has 0 unspecified atom stereocenters. The van der Waals surface area contributed by atoms with Crippen molar-refractivity contribution in [3.8, 4) is 23.1 Å². The van der Waals surface area contributed by atoms with Crippen molar-refractivity contribution in [3.63, 3.8) is 0 Å². The molecular formula is C24H23FN8O5. The number of hydrogen-bond acceptors (Lipinski definition) is 10. The minimum atomic E-state index is -1.11. The van der Waals surface area contributed by atoms with Crippen molar-refractivity contribution in [2.24, 2.45) is 5.73 Å². The molecule has 0 saturated heterocycles. The topological polar surface area (TPSA) is 183 Å². The quantitative estimate of drug-likeness (QED) is 0.110. The zero-order chi connectivity index (χ0) is 27.4. The monoisotopic (exact) mass is 522 g/mol. The number of ether oxygens (including phenoxy) is 3. The number of carbonyl (C=O) groups is 1. The van der Waals surface area contributed by atoms with Gasteiger partial charge in [0.05, 0.1) is 19.8 Å². The summed E-state index contributed by atoms with van der Waals surface area (Å²) in [7, 11) is 2.72. The minimum Gasteiger partial charge on any atom is -0.497 e. The van der Waals surface area contributed by atoms with Crippen LogP contribution in [0.25, 0.3) is 5.82 Å². The standard InChI is InChI=1S/C24H23FN8O5/c1-12(34)38-17-9-13(6-7-15(17)22(26)27)29-21(16-10-14(36-2)11-18(37-3)20(16)25)23-30-24(35)33(32-23)19-5-4-8-28-31-19/h4-11,21,29H,1-3H3,(H3,26,27)(H,30,32,35)/t21-/m0/s1. The Morgan fingerprint density at radius 3 is 2.61 bits per heavy atom. The molecule has 13 nitrogen and oxygen atoms in total. The molecule has 5 N–H and O–H groups in total. The maximum absolute atomic E-state index is 15.6. The van der Waals surface area contributed by atoms with Gasteiger partial charge < -0.3 is 25.3 Å². The van der Waals surface area contributed by atoms with Crippen LogP contribution in [-0.4, -0.2) is 51.0 Å². The molecule has 4 rings (SSSR count). The van der Waals surface area contributed by atoms with E-state index in [1.165, 1.54) is 57.7 Å². The highest BCUT2D eigenvalue weighted by atomic mass is 19.1. The first kappa shape index (κ1) is 25.8. The Kier molecular flexibility index (Phi) is 7.32. The third kappa shape index (κ3) is 5.28. The Labute approximate surface area is 214 Å². The van der Waals surface area contributed by atoms with E-state index in [4.69, 9.17) is 25.4 Å². The molecule has 0 aliphatic heterocycles. The van der Waals surface area contributed by atoms with E-state index in [0.29, 0.717) is 5.69 Å². The smallest absolute Gasteiger partial charge is 0.349 e. The van der Waals surface area contributed by atoms with Gasteiger partial charge in [0.15, 0.2) is 23.2 Å². The van der Waals surface area contributed by atoms with Crippen LogP contribution >= 0.6 is 0 Å². The number of nitrogens with two attached hydrogens (primary N) is 1. The summed E-state index contributed by atoms with van der Waals surface area (Å²) in [6.07, 6.45) is 1.44. The molecule has 14 heteroatoms. The third-order valence-corrected chi connectivity index (χ3v) is 5.33. The first-order valence-corrected chi connectivity index (χ1v) is 11.0. The highest BCUT2D eigenvalue weighted by Gasteiger charge is 2.27. The largest absolute Gasteiger partial charge is 0.497 e. The molecule has 2 heterocycles. The molecule has 38 heavy (non-hydrogen) atoms. The number of nitrogen functional groups attached to an aromatic ring is 1. The van der Waals surface area contributed by atoms with E-state index in [0.717, 1.165) is 4.68 Å². The van der Waals surface area contributed by atoms with Gasteiger partial charge >= 0.3 is 11.7 Å². The molecule has 0 aliphatic rings. The maximum Gasteiger partial charge on any atom is 0.349 e. The highest BCUT2D eigenvalue weighted by Crippen LogP contribution is 2.35. The number of hydrogen-bond donors (Lipinski definition) is 4. The number of amidine groups is 1. The van der Waals surface area contributed by atoms with Crippen LogP contribution in [0.2, 0.25) is 0 Å². The van der Waals surface area contributed by atoms with Gasteiger partial charge in [0.1, 0.15) is 23.4 Å². The molecule has 2 aromatic carbocycles. The summed E-state index contributed by atoms with van der Waals surface area (Å²) in [5, 5.41) is 22.8. The predicted octanol–water partition coefficient (Wildman–Crippen LogP) is 1.92. The maximum atomic E-state index is 15.6. The molecule has 196 valence electrons. The number of anilines is 1. The molecule has 0 fully saturated rings. The summed E-state index contributed by atoms with van der Waals surface area (Å²) in [5.74, 6) is -1.33. The van der Waals surface area contributed by atoms with Crippen LogP contribution in [0.5, 0.6) is 17.2 Å². The van der Waals surface area contributed by atoms with E-state index in [-0.39, 0.29) is 45.9 Å². The van der Waals surface area contributed by atoms with Crippen LogP contribution in [0.3, 0.4) is 0 Å². The van der Waals surface area contributed by atoms with Crippen molar-refractivity contribution in [2.75, 3.05) is 19.5 Å². The normalized spacial score (nSPS) is 11.5. The molecule has 0 saturated carbocycles. The number of nitrogens with zero attached hydrogens (tertiary/aromatic N) is 4. The Morgan fingerprint density at radius 1 is 1.18 bits per heavy atom. The van der Waals surface area contributed by atoms with Crippen molar-refractivity contribution >= 4 is 17.5 Å². The number of benzene rings is 2. The lowest BCUT2D eigenvalue weighted by atomic mass is 10.0. The average molecular weight is 522 g/mol. The third-order valence-electron chi connectivity index (χ3n) is 5.33. The SMILES string of the molecule is COc1cc(OC)c(F)c([C@H](Nc2ccc(C(=N)N)c(OC(C)=O)c2)c2nn(-c3cccnn3)c(=O)[nH]2)c1. The second-order valence-corrected chi connectivity index (χ2v) is 7.84. The molecular weight excluding hydrogens is 499 g/mol. The first-order valence-electron chi connectivity index (χ1n) is 11.0. The summed E-state index contributed by atoms with van der Waals surface area (Å²) in [6.45, 7) is 1.20. The van der Waals surface area contributed by atoms with Gasteiger partial charge in [0.25, 0.3) is 0 Å². The first-order chi connectivity index (χ1) is 18.2. The molecule has 2 aromatic heterocycles. The number of nitrogens with one attached hydrogen (secondary N) is 3. The van der Waals surface area contributed by atoms with Crippen LogP contribution in [0, 0.1) is 11.2 Å². The number of H-pyrrole nitrogens is 1. The minimum absolute atomic E-state index is 0.0102. The van der Waals surface area contributed by atoms with Gasteiger partial charge in [-0.15, -0.1) is 10.2 Å². The van der Waals surface area contributed by atoms with Gasteiger partial charge in [-0.2, -0.15) is 9.78 Å². The molecule has 0 bridgehead atoms. The Morgan fingerprint density at radius 2 is 1.97 bits per heavy atom. The summed E-state index contributed by atoms with van der Waals surface area (Å²) in [5.41, 5.74) is 5.49. The Hall–Kier alpha value is -5.27. The molecule has 4 aromatic rings. The fourth-order valence-electron chi connectivity index (χ4n) is 3.64. The molecule has 0 aliphatic carbocycles. The summed E-state index contributed by atoms with van der Waals surface area (Å²) in [4.78, 5) is 27.0. The van der Waals surface area contributed by atoms with Gasteiger partial charge in [-0.3, -0.25) is 15.2 Å². The number of aromatic amines is 1. The zero-order valence-electron chi connectivity index (χ0n) is 20.5. The fourth-order valence-corrected chi connectivity index (χ4v) is 3.64. The lowest BCUT2D eigenvalue weighted by Gasteiger charge is -2.21. The molecule has 1 atom stereocenters. The second-order valence-electron chi connectivity index (χ2n) is 7.84. The lowest BCUT2D eigenvalue weighted by Crippen LogP contribution is -2.18. The van der Waals surface area contributed by atoms with Crippen molar-refractivity contribution in [1.82, 2.24) is 25.0 Å². The van der Waals surface area contributed by atoms with Crippen LogP contribution in [0.1, 0.15) is 29.9 Å². The molecule has 0 spiro atoms. The number of halogens is 1. The fraction of sp³-hybridized carbons (Fsp3) is 0.167. The van der Waals surface area contributed by atoms with Crippen molar-refractivity contribution in [3.05, 3.63) is 81.9 Å². The van der Waals surface area contributed by atoms with Crippen LogP contribution in [0.15, 0.2) is 53.5 Å². The van der Waals surface area contributed by atoms with Gasteiger partial charge in [0.2, 0.25) is 0 Å². The highest BCUT2D eigenvalue weighted by molar-refractivity contribution is 5.98. The number of aromatic nitrogens is 5. The summed E-state index contributed by atoms with van der Waals surface area (Å²) >= 11 is 0. The number of carbonyl (C=O) groups excluding carboxylic acids is 1. The van der Waals surface area contributed by atoms with E-state index in [2.05, 4.69) is 25.6 Å². The summed E-state index contributed by atoms with van der Waals surface area (Å²) < 4.78 is 32.3. The van der Waals surface area contributed by atoms with E-state index < -0.39 is 23.5 Å². The van der Waals surface area contributed by atoms with E-state index >= 15 is 4.39 Å². The average Bonchev–Trinajstić information content (AvgIpc) is 3.29. The lowest BCUT2D eigenvalue weighted by molar-refractivity contribution is -0.131. The van der Waals surface area contributed by atoms with Crippen LogP contribution in [0.4, 0.5) is 10.1 Å². The molecule has 0 radical (unpaired) electrons.